The number of carbonyl (C=O) groups excluding carboxylic acids is 1. The maximum absolute atomic E-state index is 11.3. The summed E-state index contributed by atoms with van der Waals surface area (Å²) in [6, 6.07) is 14.4. The number of phenols is 1. The first-order valence-corrected chi connectivity index (χ1v) is 8.12. The lowest BCUT2D eigenvalue weighted by Gasteiger charge is -2.12. The molecule has 0 saturated heterocycles. The number of aromatic hydroxyl groups is 1. The maximum Gasteiger partial charge on any atom is 0.267 e. The number of nitrogens with one attached hydrogen (secondary N) is 1. The van der Waals surface area contributed by atoms with Crippen molar-refractivity contribution in [1.82, 2.24) is 10.5 Å². The lowest BCUT2D eigenvalue weighted by atomic mass is 9.95. The van der Waals surface area contributed by atoms with Gasteiger partial charge in [-0.05, 0) is 47.0 Å². The number of amides is 1. The van der Waals surface area contributed by atoms with E-state index in [0.29, 0.717) is 17.0 Å². The summed E-state index contributed by atoms with van der Waals surface area (Å²) >= 11 is 0. The van der Waals surface area contributed by atoms with Crippen molar-refractivity contribution in [2.24, 2.45) is 0 Å². The van der Waals surface area contributed by atoms with Gasteiger partial charge in [0.05, 0.1) is 18.3 Å². The van der Waals surface area contributed by atoms with E-state index >= 15 is 0 Å². The molecule has 0 radical (unpaired) electrons. The molecule has 136 valence electrons. The van der Waals surface area contributed by atoms with Crippen molar-refractivity contribution in [2.45, 2.75) is 0 Å². The second kappa shape index (κ2) is 7.72. The molecule has 0 spiro atoms. The number of carbonyl (C=O) groups is 1. The van der Waals surface area contributed by atoms with Gasteiger partial charge < -0.3 is 9.84 Å². The van der Waals surface area contributed by atoms with Crippen LogP contribution in [0.5, 0.6) is 11.5 Å². The molecule has 27 heavy (non-hydrogen) atoms. The van der Waals surface area contributed by atoms with Crippen LogP contribution in [0.25, 0.3) is 22.6 Å². The molecular formula is C21H18N2O4. The first kappa shape index (κ1) is 18.2. The molecule has 1 heterocycles. The average Bonchev–Trinajstić information content (AvgIpc) is 2.70. The molecule has 0 aliphatic rings. The number of para-hydroxylation sites is 1. The topological polar surface area (TPSA) is 91.7 Å². The van der Waals surface area contributed by atoms with Gasteiger partial charge in [0, 0.05) is 11.5 Å². The fourth-order valence-electron chi connectivity index (χ4n) is 2.76. The maximum atomic E-state index is 11.3. The quantitative estimate of drug-likeness (QED) is 0.367. The van der Waals surface area contributed by atoms with Gasteiger partial charge in [0.25, 0.3) is 5.91 Å². The van der Waals surface area contributed by atoms with E-state index in [1.54, 1.807) is 23.7 Å². The zero-order chi connectivity index (χ0) is 19.4. The van der Waals surface area contributed by atoms with Crippen molar-refractivity contribution in [3.05, 3.63) is 78.0 Å². The Morgan fingerprint density at radius 2 is 2.00 bits per heavy atom. The van der Waals surface area contributed by atoms with Crippen molar-refractivity contribution < 1.29 is 19.8 Å². The van der Waals surface area contributed by atoms with Crippen LogP contribution in [0.15, 0.2) is 61.2 Å². The molecular weight excluding hydrogens is 344 g/mol. The molecule has 0 unspecified atom stereocenters. The van der Waals surface area contributed by atoms with Crippen LogP contribution in [0.3, 0.4) is 0 Å². The molecule has 1 amide bonds. The van der Waals surface area contributed by atoms with Crippen molar-refractivity contribution >= 4 is 28.5 Å². The van der Waals surface area contributed by atoms with Gasteiger partial charge in [0.1, 0.15) is 0 Å². The summed E-state index contributed by atoms with van der Waals surface area (Å²) in [5.41, 5.74) is 5.04. The first-order valence-electron chi connectivity index (χ1n) is 8.12. The van der Waals surface area contributed by atoms with Gasteiger partial charge in [0.2, 0.25) is 0 Å². The highest BCUT2D eigenvalue weighted by atomic mass is 16.5. The number of pyridine rings is 1. The largest absolute Gasteiger partial charge is 0.504 e. The molecule has 6 heteroatoms. The van der Waals surface area contributed by atoms with Crippen molar-refractivity contribution in [3.8, 4) is 11.5 Å². The Kier molecular flexibility index (Phi) is 5.19. The van der Waals surface area contributed by atoms with Crippen LogP contribution in [-0.2, 0) is 4.79 Å². The van der Waals surface area contributed by atoms with E-state index in [1.807, 2.05) is 30.3 Å². The summed E-state index contributed by atoms with van der Waals surface area (Å²) in [4.78, 5) is 15.8. The van der Waals surface area contributed by atoms with E-state index in [2.05, 4.69) is 11.6 Å². The average molecular weight is 362 g/mol. The molecule has 3 aromatic rings. The third-order valence-electron chi connectivity index (χ3n) is 4.10. The van der Waals surface area contributed by atoms with Gasteiger partial charge in [-0.1, -0.05) is 30.8 Å². The summed E-state index contributed by atoms with van der Waals surface area (Å²) < 4.78 is 5.08. The predicted molar refractivity (Wildman–Crippen MR) is 104 cm³/mol. The Labute approximate surface area is 156 Å². The Hall–Kier alpha value is -3.64. The summed E-state index contributed by atoms with van der Waals surface area (Å²) in [6.45, 7) is 4.17. The summed E-state index contributed by atoms with van der Waals surface area (Å²) in [7, 11) is 1.49. The fraction of sp³-hybridized carbons (Fsp3) is 0.0476. The van der Waals surface area contributed by atoms with Crippen LogP contribution in [0.4, 0.5) is 0 Å². The van der Waals surface area contributed by atoms with E-state index in [-0.39, 0.29) is 5.75 Å². The van der Waals surface area contributed by atoms with Gasteiger partial charge in [-0.3, -0.25) is 10.0 Å². The molecule has 3 rings (SSSR count). The number of benzene rings is 2. The number of ether oxygens (including phenoxy) is 1. The zero-order valence-electron chi connectivity index (χ0n) is 14.6. The lowest BCUT2D eigenvalue weighted by molar-refractivity contribution is -0.124. The van der Waals surface area contributed by atoms with Crippen molar-refractivity contribution in [2.75, 3.05) is 7.11 Å². The zero-order valence-corrected chi connectivity index (χ0v) is 14.6. The minimum absolute atomic E-state index is 0.0225. The smallest absolute Gasteiger partial charge is 0.267 e. The molecule has 0 fully saturated rings. The fourth-order valence-corrected chi connectivity index (χ4v) is 2.76. The van der Waals surface area contributed by atoms with Crippen LogP contribution in [0.2, 0.25) is 0 Å². The Bertz CT molecular complexity index is 1060. The van der Waals surface area contributed by atoms with Crippen LogP contribution in [0, 0.1) is 0 Å². The van der Waals surface area contributed by atoms with Gasteiger partial charge in [0.15, 0.2) is 11.5 Å². The second-order valence-electron chi connectivity index (χ2n) is 5.79. The number of hydroxylamine groups is 1. The number of rotatable bonds is 5. The summed E-state index contributed by atoms with van der Waals surface area (Å²) in [5.74, 6) is -0.246. The van der Waals surface area contributed by atoms with Crippen molar-refractivity contribution in [3.63, 3.8) is 0 Å². The highest BCUT2D eigenvalue weighted by Gasteiger charge is 2.12. The SMILES string of the molecule is C=C(c1ccc(OC)c(O)c1)c1cc(/C=C/C(=O)NO)nc2ccccc12. The Morgan fingerprint density at radius 3 is 2.70 bits per heavy atom. The van der Waals surface area contributed by atoms with Gasteiger partial charge in [-0.15, -0.1) is 0 Å². The van der Waals surface area contributed by atoms with E-state index < -0.39 is 5.91 Å². The third kappa shape index (κ3) is 3.80. The normalized spacial score (nSPS) is 10.9. The Balaban J connectivity index is 2.11. The van der Waals surface area contributed by atoms with Gasteiger partial charge in [-0.25, -0.2) is 10.5 Å². The second-order valence-corrected chi connectivity index (χ2v) is 5.79. The molecule has 6 nitrogen and oxygen atoms in total. The standard InChI is InChI=1S/C21H18N2O4/c1-13(14-7-9-20(27-2)19(24)11-14)17-12-15(8-10-21(25)23-26)22-18-6-4-3-5-16(17)18/h3-12,24,26H,1H2,2H3,(H,23,25)/b10-8+. The highest BCUT2D eigenvalue weighted by Crippen LogP contribution is 2.34. The van der Waals surface area contributed by atoms with E-state index in [9.17, 15) is 9.90 Å². The highest BCUT2D eigenvalue weighted by molar-refractivity contribution is 5.97. The van der Waals surface area contributed by atoms with Gasteiger partial charge >= 0.3 is 0 Å². The summed E-state index contributed by atoms with van der Waals surface area (Å²) in [6.07, 6.45) is 2.68. The lowest BCUT2D eigenvalue weighted by Crippen LogP contribution is -2.14. The van der Waals surface area contributed by atoms with Gasteiger partial charge in [-0.2, -0.15) is 0 Å². The first-order chi connectivity index (χ1) is 13.0. The Morgan fingerprint density at radius 1 is 1.22 bits per heavy atom. The molecule has 3 N–H and O–H groups in total. The molecule has 2 aromatic carbocycles. The van der Waals surface area contributed by atoms with E-state index in [0.717, 1.165) is 22.0 Å². The minimum Gasteiger partial charge on any atom is -0.504 e. The number of aromatic nitrogens is 1. The van der Waals surface area contributed by atoms with Crippen LogP contribution in [-0.4, -0.2) is 28.3 Å². The van der Waals surface area contributed by atoms with Crippen LogP contribution < -0.4 is 10.2 Å². The summed E-state index contributed by atoms with van der Waals surface area (Å²) in [5, 5.41) is 19.6. The number of hydrogen-bond acceptors (Lipinski definition) is 5. The van der Waals surface area contributed by atoms with Crippen LogP contribution >= 0.6 is 0 Å². The van der Waals surface area contributed by atoms with E-state index in [4.69, 9.17) is 9.94 Å². The molecule has 1 aromatic heterocycles. The minimum atomic E-state index is -0.648. The number of fused-ring (bicyclic) bond motifs is 1. The number of hydrogen-bond donors (Lipinski definition) is 3. The molecule has 0 saturated carbocycles. The number of nitrogens with zero attached hydrogens (tertiary/aromatic N) is 1. The molecule has 0 atom stereocenters. The van der Waals surface area contributed by atoms with E-state index in [1.165, 1.54) is 19.3 Å². The predicted octanol–water partition coefficient (Wildman–Crippen LogP) is 3.53. The molecule has 0 aliphatic carbocycles. The third-order valence-corrected chi connectivity index (χ3v) is 4.10. The molecule has 0 bridgehead atoms. The monoisotopic (exact) mass is 362 g/mol. The van der Waals surface area contributed by atoms with Crippen LogP contribution in [0.1, 0.15) is 16.8 Å². The number of methoxy groups -OCH3 is 1. The van der Waals surface area contributed by atoms with Crippen molar-refractivity contribution in [1.29, 1.82) is 0 Å². The number of phenolic OH excluding ortho intramolecular Hbond substituents is 1. The molecule has 0 aliphatic heterocycles.